The summed E-state index contributed by atoms with van der Waals surface area (Å²) in [6, 6.07) is 38.5. The summed E-state index contributed by atoms with van der Waals surface area (Å²) in [4.78, 5) is 0. The molecule has 0 bridgehead atoms. The van der Waals surface area contributed by atoms with Crippen molar-refractivity contribution in [3.63, 3.8) is 0 Å². The smallest absolute Gasteiger partial charge is 0.00947 e. The highest BCUT2D eigenvalue weighted by Gasteiger charge is 2.40. The Morgan fingerprint density at radius 3 is 1.57 bits per heavy atom. The van der Waals surface area contributed by atoms with Crippen LogP contribution >= 0.6 is 15.8 Å². The van der Waals surface area contributed by atoms with Gasteiger partial charge in [-0.2, -0.15) is 0 Å². The molecule has 4 unspecified atom stereocenters. The molecule has 0 aromatic heterocycles. The summed E-state index contributed by atoms with van der Waals surface area (Å²) in [5.74, 6) is 1.11. The highest BCUT2D eigenvalue weighted by molar-refractivity contribution is 7.80. The Morgan fingerprint density at radius 2 is 1.02 bits per heavy atom. The van der Waals surface area contributed by atoms with Gasteiger partial charge >= 0.3 is 0 Å². The molecule has 1 aliphatic rings. The number of benzene rings is 5. The van der Waals surface area contributed by atoms with E-state index in [2.05, 4.69) is 159 Å². The van der Waals surface area contributed by atoms with Gasteiger partial charge in [0.15, 0.2) is 0 Å². The molecule has 1 fully saturated rings. The second-order valence-electron chi connectivity index (χ2n) is 14.5. The molecule has 242 valence electrons. The predicted octanol–water partition coefficient (Wildman–Crippen LogP) is 10.3. The normalized spacial score (nSPS) is 17.7. The monoisotopic (exact) mass is 654 g/mol. The van der Waals surface area contributed by atoms with Gasteiger partial charge in [0.2, 0.25) is 0 Å². The molecule has 47 heavy (non-hydrogen) atoms. The van der Waals surface area contributed by atoms with E-state index in [9.17, 15) is 0 Å². The summed E-state index contributed by atoms with van der Waals surface area (Å²) in [6.07, 6.45) is 3.93. The molecular weight excluding hydrogens is 602 g/mol. The zero-order valence-electron chi connectivity index (χ0n) is 30.0. The fraction of sp³-hybridized carbons (Fsp3) is 0.333. The molecule has 0 heterocycles. The zero-order chi connectivity index (χ0) is 33.4. The van der Waals surface area contributed by atoms with Gasteiger partial charge in [0.25, 0.3) is 0 Å². The molecule has 0 spiro atoms. The molecule has 1 saturated carbocycles. The van der Waals surface area contributed by atoms with E-state index in [1.807, 2.05) is 0 Å². The van der Waals surface area contributed by atoms with Crippen molar-refractivity contribution in [2.45, 2.75) is 93.2 Å². The Labute approximate surface area is 287 Å². The van der Waals surface area contributed by atoms with Gasteiger partial charge in [-0.3, -0.25) is 0 Å². The summed E-state index contributed by atoms with van der Waals surface area (Å²) in [5, 5.41) is 7.64. The summed E-state index contributed by atoms with van der Waals surface area (Å²) >= 11 is 0. The molecular formula is C45H52P2. The van der Waals surface area contributed by atoms with Gasteiger partial charge in [0.1, 0.15) is 0 Å². The van der Waals surface area contributed by atoms with Crippen LogP contribution in [-0.4, -0.2) is 5.66 Å². The fourth-order valence-corrected chi connectivity index (χ4v) is 15.0. The molecule has 0 saturated heterocycles. The van der Waals surface area contributed by atoms with Crippen LogP contribution in [0, 0.1) is 61.3 Å². The molecule has 2 heteroatoms. The van der Waals surface area contributed by atoms with E-state index in [0.717, 1.165) is 0 Å². The van der Waals surface area contributed by atoms with Crippen molar-refractivity contribution in [3.05, 3.63) is 147 Å². The molecule has 0 radical (unpaired) electrons. The zero-order valence-corrected chi connectivity index (χ0v) is 31.8. The van der Waals surface area contributed by atoms with Crippen LogP contribution in [0.15, 0.2) is 97.1 Å². The van der Waals surface area contributed by atoms with E-state index in [0.29, 0.717) is 17.5 Å². The summed E-state index contributed by atoms with van der Waals surface area (Å²) < 4.78 is 0. The van der Waals surface area contributed by atoms with Gasteiger partial charge in [-0.15, -0.1) is 0 Å². The van der Waals surface area contributed by atoms with Crippen LogP contribution in [0.5, 0.6) is 0 Å². The second kappa shape index (κ2) is 14.2. The second-order valence-corrected chi connectivity index (χ2v) is 19.1. The molecule has 5 aromatic rings. The largest absolute Gasteiger partial charge is 0.0619 e. The first-order valence-corrected chi connectivity index (χ1v) is 20.2. The van der Waals surface area contributed by atoms with Crippen molar-refractivity contribution in [3.8, 4) is 0 Å². The van der Waals surface area contributed by atoms with Gasteiger partial charge in [-0.1, -0.05) is 149 Å². The van der Waals surface area contributed by atoms with Crippen molar-refractivity contribution < 1.29 is 0 Å². The fourth-order valence-electron chi connectivity index (χ4n) is 8.34. The molecule has 1 aliphatic carbocycles. The molecule has 0 N–H and O–H groups in total. The molecule has 6 rings (SSSR count). The number of aryl methyl sites for hydroxylation is 8. The maximum atomic E-state index is 2.57. The number of hydrogen-bond donors (Lipinski definition) is 0. The van der Waals surface area contributed by atoms with E-state index in [1.54, 1.807) is 21.5 Å². The van der Waals surface area contributed by atoms with Crippen LogP contribution in [0.25, 0.3) is 0 Å². The lowest BCUT2D eigenvalue weighted by molar-refractivity contribution is 0.469. The molecule has 0 nitrogen and oxygen atoms in total. The lowest BCUT2D eigenvalue weighted by Crippen LogP contribution is -2.31. The van der Waals surface area contributed by atoms with Crippen LogP contribution in [0.1, 0.15) is 82.2 Å². The van der Waals surface area contributed by atoms with E-state index in [4.69, 9.17) is 0 Å². The number of hydrogen-bond acceptors (Lipinski definition) is 0. The predicted molar refractivity (Wildman–Crippen MR) is 212 cm³/mol. The van der Waals surface area contributed by atoms with E-state index >= 15 is 0 Å². The summed E-state index contributed by atoms with van der Waals surface area (Å²) in [5.41, 5.74) is 13.2. The van der Waals surface area contributed by atoms with Gasteiger partial charge < -0.3 is 0 Å². The standard InChI is InChI=1S/C45H52P2/c1-29-17-18-36(8)45(28-29)47(40-26-34(6)21-35(7)27-40)44-15-11-10-13-41(44)37(9)42-14-12-16-43(42)46(38-22-30(2)19-31(3)23-38)39-24-32(4)20-33(5)25-39/h10-11,13,15,17-28,37,42-43H,12,14,16H2,1-9H3. The SMILES string of the molecule is Cc1cc(C)cc(P(c2cc(C)ccc2C)c2ccccc2C(C)C2CCCC2P(c2cc(C)cc(C)c2)c2cc(C)cc(C)c2)c1. The number of rotatable bonds is 8. The average molecular weight is 655 g/mol. The first kappa shape index (κ1) is 33.8. The molecule has 4 atom stereocenters. The van der Waals surface area contributed by atoms with Crippen LogP contribution in [0.2, 0.25) is 0 Å². The first-order valence-electron chi connectivity index (χ1n) is 17.5. The summed E-state index contributed by atoms with van der Waals surface area (Å²) in [6.45, 7) is 20.7. The van der Waals surface area contributed by atoms with Gasteiger partial charge in [0.05, 0.1) is 0 Å². The Hall–Kier alpha value is -3.04. The lowest BCUT2D eigenvalue weighted by Gasteiger charge is -2.36. The molecule has 0 aliphatic heterocycles. The highest BCUT2D eigenvalue weighted by atomic mass is 31.1. The minimum absolute atomic E-state index is 0.474. The van der Waals surface area contributed by atoms with Gasteiger partial charge in [0, 0.05) is 0 Å². The van der Waals surface area contributed by atoms with Crippen molar-refractivity contribution in [2.75, 3.05) is 0 Å². The van der Waals surface area contributed by atoms with E-state index in [-0.39, 0.29) is 0 Å². The third kappa shape index (κ3) is 7.36. The van der Waals surface area contributed by atoms with Crippen molar-refractivity contribution >= 4 is 42.4 Å². The van der Waals surface area contributed by atoms with Gasteiger partial charge in [-0.25, -0.2) is 0 Å². The Bertz CT molecular complexity index is 1790. The van der Waals surface area contributed by atoms with Crippen molar-refractivity contribution in [1.82, 2.24) is 0 Å². The maximum Gasteiger partial charge on any atom is -0.00947 e. The average Bonchev–Trinajstić information content (AvgIpc) is 3.47. The van der Waals surface area contributed by atoms with Gasteiger partial charge in [-0.05, 0) is 139 Å². The molecule has 0 amide bonds. The Morgan fingerprint density at radius 1 is 0.511 bits per heavy atom. The van der Waals surface area contributed by atoms with Crippen LogP contribution in [0.3, 0.4) is 0 Å². The Balaban J connectivity index is 1.49. The lowest BCUT2D eigenvalue weighted by atomic mass is 9.86. The maximum absolute atomic E-state index is 2.57. The van der Waals surface area contributed by atoms with Crippen LogP contribution in [-0.2, 0) is 0 Å². The highest BCUT2D eigenvalue weighted by Crippen LogP contribution is 2.54. The van der Waals surface area contributed by atoms with Crippen molar-refractivity contribution in [1.29, 1.82) is 0 Å². The third-order valence-electron chi connectivity index (χ3n) is 10.2. The summed E-state index contributed by atoms with van der Waals surface area (Å²) in [7, 11) is -1.22. The van der Waals surface area contributed by atoms with E-state index in [1.165, 1.54) is 74.4 Å². The van der Waals surface area contributed by atoms with Crippen LogP contribution < -0.4 is 26.5 Å². The third-order valence-corrected chi connectivity index (χ3v) is 15.8. The Kier molecular flexibility index (Phi) is 10.2. The van der Waals surface area contributed by atoms with E-state index < -0.39 is 15.8 Å². The molecule has 5 aromatic carbocycles. The quantitative estimate of drug-likeness (QED) is 0.146. The topological polar surface area (TPSA) is 0 Å². The minimum Gasteiger partial charge on any atom is -0.0619 e. The van der Waals surface area contributed by atoms with Crippen LogP contribution in [0.4, 0.5) is 0 Å². The first-order chi connectivity index (χ1) is 22.5. The minimum atomic E-state index is -0.712. The van der Waals surface area contributed by atoms with Crippen molar-refractivity contribution in [2.24, 2.45) is 5.92 Å².